The van der Waals surface area contributed by atoms with Crippen molar-refractivity contribution in [3.8, 4) is 0 Å². The highest BCUT2D eigenvalue weighted by Gasteiger charge is 2.12. The van der Waals surface area contributed by atoms with Gasteiger partial charge in [-0.15, -0.1) is 0 Å². The van der Waals surface area contributed by atoms with E-state index in [1.54, 1.807) is 0 Å². The first-order valence-electron chi connectivity index (χ1n) is 7.81. The minimum atomic E-state index is 0.309. The number of rotatable bonds is 7. The molecule has 0 N–H and O–H groups in total. The second kappa shape index (κ2) is 7.23. The van der Waals surface area contributed by atoms with Crippen LogP contribution in [-0.2, 0) is 6.42 Å². The predicted molar refractivity (Wildman–Crippen MR) is 86.4 cm³/mol. The molecule has 0 fully saturated rings. The van der Waals surface area contributed by atoms with Gasteiger partial charge in [0.2, 0.25) is 0 Å². The lowest BCUT2D eigenvalue weighted by molar-refractivity contribution is 0.0979. The van der Waals surface area contributed by atoms with Crippen LogP contribution in [0.4, 0.5) is 0 Å². The van der Waals surface area contributed by atoms with Crippen molar-refractivity contribution in [2.75, 3.05) is 0 Å². The molecule has 2 rings (SSSR count). The fraction of sp³-hybridized carbons (Fsp3) is 0.421. The fourth-order valence-electron chi connectivity index (χ4n) is 2.59. The monoisotopic (exact) mass is 268 g/mol. The van der Waals surface area contributed by atoms with E-state index in [1.165, 1.54) is 16.3 Å². The van der Waals surface area contributed by atoms with Crippen LogP contribution in [0.2, 0.25) is 0 Å². The fourth-order valence-corrected chi connectivity index (χ4v) is 2.59. The number of unbranched alkanes of at least 4 members (excludes halogenated alkanes) is 2. The van der Waals surface area contributed by atoms with Crippen molar-refractivity contribution in [1.29, 1.82) is 0 Å². The first kappa shape index (κ1) is 14.8. The van der Waals surface area contributed by atoms with E-state index in [0.29, 0.717) is 12.2 Å². The van der Waals surface area contributed by atoms with Gasteiger partial charge in [-0.1, -0.05) is 57.0 Å². The molecule has 0 spiro atoms. The molecule has 0 saturated carbocycles. The molecule has 0 saturated heterocycles. The summed E-state index contributed by atoms with van der Waals surface area (Å²) in [6, 6.07) is 12.6. The molecule has 106 valence electrons. The van der Waals surface area contributed by atoms with Crippen molar-refractivity contribution >= 4 is 16.6 Å². The molecule has 0 aliphatic rings. The first-order valence-corrected chi connectivity index (χ1v) is 7.81. The van der Waals surface area contributed by atoms with Gasteiger partial charge >= 0.3 is 0 Å². The molecule has 0 bridgehead atoms. The smallest absolute Gasteiger partial charge is 0.163 e. The number of fused-ring (bicyclic) bond motifs is 1. The van der Waals surface area contributed by atoms with Crippen LogP contribution in [0.1, 0.15) is 61.9 Å². The van der Waals surface area contributed by atoms with E-state index in [1.807, 2.05) is 6.07 Å². The molecule has 1 nitrogen and oxygen atoms in total. The lowest BCUT2D eigenvalue weighted by Crippen LogP contribution is -2.04. The zero-order chi connectivity index (χ0) is 14.4. The van der Waals surface area contributed by atoms with Crippen LogP contribution < -0.4 is 0 Å². The van der Waals surface area contributed by atoms with Gasteiger partial charge in [-0.25, -0.2) is 0 Å². The summed E-state index contributed by atoms with van der Waals surface area (Å²) in [5.74, 6) is 0.309. The summed E-state index contributed by atoms with van der Waals surface area (Å²) in [6.07, 6.45) is 6.05. The highest BCUT2D eigenvalue weighted by Crippen LogP contribution is 2.23. The Balaban J connectivity index is 2.39. The molecule has 0 aliphatic heterocycles. The molecule has 0 heterocycles. The van der Waals surface area contributed by atoms with Gasteiger partial charge in [-0.05, 0) is 41.7 Å². The topological polar surface area (TPSA) is 17.1 Å². The van der Waals surface area contributed by atoms with Crippen molar-refractivity contribution < 1.29 is 4.79 Å². The second-order valence-electron chi connectivity index (χ2n) is 5.49. The lowest BCUT2D eigenvalue weighted by atomic mass is 9.93. The molecule has 0 atom stereocenters. The van der Waals surface area contributed by atoms with Gasteiger partial charge in [0.1, 0.15) is 0 Å². The summed E-state index contributed by atoms with van der Waals surface area (Å²) >= 11 is 0. The number of aryl methyl sites for hydroxylation is 1. The summed E-state index contributed by atoms with van der Waals surface area (Å²) in [7, 11) is 0. The quantitative estimate of drug-likeness (QED) is 0.601. The minimum Gasteiger partial charge on any atom is -0.294 e. The number of hydrogen-bond donors (Lipinski definition) is 0. The molecule has 0 unspecified atom stereocenters. The van der Waals surface area contributed by atoms with E-state index >= 15 is 0 Å². The van der Waals surface area contributed by atoms with Gasteiger partial charge < -0.3 is 0 Å². The summed E-state index contributed by atoms with van der Waals surface area (Å²) < 4.78 is 0. The van der Waals surface area contributed by atoms with E-state index in [4.69, 9.17) is 0 Å². The summed E-state index contributed by atoms with van der Waals surface area (Å²) in [5.41, 5.74) is 2.18. The third-order valence-electron chi connectivity index (χ3n) is 3.83. The second-order valence-corrected chi connectivity index (χ2v) is 5.49. The van der Waals surface area contributed by atoms with E-state index < -0.39 is 0 Å². The van der Waals surface area contributed by atoms with Gasteiger partial charge in [0.25, 0.3) is 0 Å². The zero-order valence-electron chi connectivity index (χ0n) is 12.6. The number of benzene rings is 2. The zero-order valence-corrected chi connectivity index (χ0v) is 12.6. The molecule has 0 aromatic heterocycles. The van der Waals surface area contributed by atoms with Gasteiger partial charge in [-0.2, -0.15) is 0 Å². The van der Waals surface area contributed by atoms with Crippen molar-refractivity contribution in [3.63, 3.8) is 0 Å². The van der Waals surface area contributed by atoms with Crippen molar-refractivity contribution in [1.82, 2.24) is 0 Å². The summed E-state index contributed by atoms with van der Waals surface area (Å²) in [6.45, 7) is 4.32. The summed E-state index contributed by atoms with van der Waals surface area (Å²) in [5, 5.41) is 2.42. The van der Waals surface area contributed by atoms with E-state index in [-0.39, 0.29) is 0 Å². The predicted octanol–water partition coefficient (Wildman–Crippen LogP) is 5.56. The molecule has 0 aliphatic carbocycles. The normalized spacial score (nSPS) is 10.9. The Labute approximate surface area is 122 Å². The molecular weight excluding hydrogens is 244 g/mol. The third-order valence-corrected chi connectivity index (χ3v) is 3.83. The van der Waals surface area contributed by atoms with Gasteiger partial charge in [0.05, 0.1) is 0 Å². The Morgan fingerprint density at radius 3 is 2.25 bits per heavy atom. The largest absolute Gasteiger partial charge is 0.294 e. The summed E-state index contributed by atoms with van der Waals surface area (Å²) in [4.78, 5) is 12.4. The lowest BCUT2D eigenvalue weighted by Gasteiger charge is -2.11. The maximum Gasteiger partial charge on any atom is 0.163 e. The van der Waals surface area contributed by atoms with E-state index in [0.717, 1.165) is 37.7 Å². The molecule has 2 aromatic carbocycles. The molecule has 20 heavy (non-hydrogen) atoms. The van der Waals surface area contributed by atoms with Crippen LogP contribution in [0.3, 0.4) is 0 Å². The van der Waals surface area contributed by atoms with Crippen LogP contribution in [0.25, 0.3) is 10.8 Å². The average Bonchev–Trinajstić information content (AvgIpc) is 2.49. The number of ketones is 1. The molecule has 0 radical (unpaired) electrons. The highest BCUT2D eigenvalue weighted by molar-refractivity contribution is 6.01. The molecule has 2 aromatic rings. The maximum absolute atomic E-state index is 12.4. The molecule has 1 heteroatoms. The number of hydrogen-bond acceptors (Lipinski definition) is 1. The van der Waals surface area contributed by atoms with Crippen LogP contribution in [0.15, 0.2) is 36.4 Å². The Morgan fingerprint density at radius 2 is 1.60 bits per heavy atom. The molecule has 0 amide bonds. The highest BCUT2D eigenvalue weighted by atomic mass is 16.1. The maximum atomic E-state index is 12.4. The Bertz CT molecular complexity index is 583. The van der Waals surface area contributed by atoms with Crippen molar-refractivity contribution in [2.45, 2.75) is 52.4 Å². The SMILES string of the molecule is CCCCC(=O)c1cc2ccccc2cc1CCCC. The van der Waals surface area contributed by atoms with Crippen LogP contribution >= 0.6 is 0 Å². The third kappa shape index (κ3) is 3.47. The average molecular weight is 268 g/mol. The van der Waals surface area contributed by atoms with Gasteiger partial charge in [0.15, 0.2) is 5.78 Å². The standard InChI is InChI=1S/C19H24O/c1-3-5-9-17-13-15-10-7-8-11-16(15)14-18(17)19(20)12-6-4-2/h7-8,10-11,13-14H,3-6,9,12H2,1-2H3. The molecular formula is C19H24O. The van der Waals surface area contributed by atoms with E-state index in [2.05, 4.69) is 44.2 Å². The Hall–Kier alpha value is -1.63. The van der Waals surface area contributed by atoms with Crippen molar-refractivity contribution in [2.24, 2.45) is 0 Å². The van der Waals surface area contributed by atoms with Crippen LogP contribution in [0.5, 0.6) is 0 Å². The van der Waals surface area contributed by atoms with Gasteiger partial charge in [-0.3, -0.25) is 4.79 Å². The Kier molecular flexibility index (Phi) is 5.34. The van der Waals surface area contributed by atoms with Crippen molar-refractivity contribution in [3.05, 3.63) is 47.5 Å². The first-order chi connectivity index (χ1) is 9.76. The minimum absolute atomic E-state index is 0.309. The van der Waals surface area contributed by atoms with Gasteiger partial charge in [0, 0.05) is 12.0 Å². The Morgan fingerprint density at radius 1 is 0.950 bits per heavy atom. The van der Waals surface area contributed by atoms with Crippen LogP contribution in [0, 0.1) is 0 Å². The van der Waals surface area contributed by atoms with E-state index in [9.17, 15) is 4.79 Å². The number of carbonyl (C=O) groups excluding carboxylic acids is 1. The number of Topliss-reactive ketones (excluding diaryl/α,β-unsaturated/α-hetero) is 1. The number of carbonyl (C=O) groups is 1. The van der Waals surface area contributed by atoms with Crippen LogP contribution in [-0.4, -0.2) is 5.78 Å².